The number of aryl methyl sites for hydroxylation is 1. The van der Waals surface area contributed by atoms with Gasteiger partial charge in [0.05, 0.1) is 24.3 Å². The van der Waals surface area contributed by atoms with Gasteiger partial charge >= 0.3 is 0 Å². The van der Waals surface area contributed by atoms with Gasteiger partial charge in [0.2, 0.25) is 0 Å². The zero-order chi connectivity index (χ0) is 19.3. The van der Waals surface area contributed by atoms with E-state index in [2.05, 4.69) is 56.6 Å². The Hall–Kier alpha value is -3.34. The van der Waals surface area contributed by atoms with Crippen LogP contribution in [0, 0.1) is 13.8 Å². The number of benzene rings is 2. The number of carbonyl (C=O) groups excluding carboxylic acids is 1. The van der Waals surface area contributed by atoms with Crippen molar-refractivity contribution in [1.82, 2.24) is 15.3 Å². The first kappa shape index (κ1) is 16.8. The molecule has 2 N–H and O–H groups in total. The number of hydrogen-bond acceptors (Lipinski definition) is 3. The topological polar surface area (TPSA) is 61.0 Å². The molecular weight excluding hydrogens is 348 g/mol. The number of imidazole rings is 1. The number of carbonyl (C=O) groups is 1. The molecule has 5 heteroatoms. The molecule has 0 radical (unpaired) electrons. The molecule has 3 heterocycles. The van der Waals surface area contributed by atoms with Crippen LogP contribution in [0.5, 0.6) is 0 Å². The molecule has 28 heavy (non-hydrogen) atoms. The first-order chi connectivity index (χ1) is 13.6. The van der Waals surface area contributed by atoms with E-state index >= 15 is 0 Å². The van der Waals surface area contributed by atoms with Gasteiger partial charge < -0.3 is 15.2 Å². The van der Waals surface area contributed by atoms with E-state index in [1.54, 1.807) is 6.33 Å². The lowest BCUT2D eigenvalue weighted by Gasteiger charge is -2.23. The van der Waals surface area contributed by atoms with E-state index in [0.29, 0.717) is 12.1 Å². The molecule has 2 aliphatic rings. The Morgan fingerprint density at radius 1 is 1.21 bits per heavy atom. The lowest BCUT2D eigenvalue weighted by molar-refractivity contribution is 0.0950. The molecule has 0 atom stereocenters. The van der Waals surface area contributed by atoms with Gasteiger partial charge in [0.15, 0.2) is 0 Å². The molecule has 0 bridgehead atoms. The van der Waals surface area contributed by atoms with Crippen molar-refractivity contribution in [3.63, 3.8) is 0 Å². The maximum Gasteiger partial charge on any atom is 0.251 e. The Morgan fingerprint density at radius 2 is 2.11 bits per heavy atom. The average Bonchev–Trinajstić information content (AvgIpc) is 3.26. The molecule has 0 fully saturated rings. The van der Waals surface area contributed by atoms with E-state index in [9.17, 15) is 4.79 Å². The van der Waals surface area contributed by atoms with Crippen LogP contribution in [-0.2, 0) is 13.0 Å². The van der Waals surface area contributed by atoms with Gasteiger partial charge in [-0.2, -0.15) is 0 Å². The summed E-state index contributed by atoms with van der Waals surface area (Å²) in [4.78, 5) is 22.5. The van der Waals surface area contributed by atoms with Crippen molar-refractivity contribution in [2.45, 2.75) is 26.8 Å². The summed E-state index contributed by atoms with van der Waals surface area (Å²) in [5.74, 6) is -0.0695. The normalized spacial score (nSPS) is 13.9. The Labute approximate surface area is 164 Å². The second kappa shape index (κ2) is 6.37. The number of amides is 1. The fourth-order valence-corrected chi connectivity index (χ4v) is 4.27. The van der Waals surface area contributed by atoms with E-state index in [4.69, 9.17) is 0 Å². The standard InChI is InChI=1S/C23H22N4O/c1-14-18-7-6-16-4-3-5-17-10-11-27(22(16)17)21(18)9-8-19(14)23(28)24-12-20-15(2)25-13-26-20/h3-9,13H,10-12H2,1-2H3,(H,24,28)(H,25,26). The van der Waals surface area contributed by atoms with Crippen LogP contribution in [0.4, 0.5) is 11.4 Å². The molecule has 2 aromatic carbocycles. The number of fused-ring (bicyclic) bond motifs is 2. The van der Waals surface area contributed by atoms with E-state index < -0.39 is 0 Å². The van der Waals surface area contributed by atoms with Gasteiger partial charge in [-0.15, -0.1) is 0 Å². The minimum Gasteiger partial charge on any atom is -0.348 e. The predicted molar refractivity (Wildman–Crippen MR) is 112 cm³/mol. The van der Waals surface area contributed by atoms with Crippen LogP contribution in [0.3, 0.4) is 0 Å². The number of H-pyrrole nitrogens is 1. The highest BCUT2D eigenvalue weighted by molar-refractivity contribution is 6.00. The highest BCUT2D eigenvalue weighted by Gasteiger charge is 2.27. The summed E-state index contributed by atoms with van der Waals surface area (Å²) >= 11 is 0. The van der Waals surface area contributed by atoms with E-state index in [1.165, 1.54) is 22.5 Å². The van der Waals surface area contributed by atoms with Crippen LogP contribution in [0.25, 0.3) is 12.2 Å². The number of rotatable bonds is 3. The minimum atomic E-state index is -0.0695. The van der Waals surface area contributed by atoms with Crippen LogP contribution < -0.4 is 10.2 Å². The summed E-state index contributed by atoms with van der Waals surface area (Å²) in [6, 6.07) is 10.5. The molecule has 5 nitrogen and oxygen atoms in total. The smallest absolute Gasteiger partial charge is 0.251 e. The highest BCUT2D eigenvalue weighted by atomic mass is 16.1. The van der Waals surface area contributed by atoms with Crippen LogP contribution in [0.15, 0.2) is 36.7 Å². The Morgan fingerprint density at radius 3 is 2.93 bits per heavy atom. The second-order valence-electron chi connectivity index (χ2n) is 7.42. The molecule has 140 valence electrons. The number of hydrogen-bond donors (Lipinski definition) is 2. The van der Waals surface area contributed by atoms with E-state index in [-0.39, 0.29) is 5.91 Å². The van der Waals surface area contributed by atoms with Gasteiger partial charge in [-0.25, -0.2) is 4.98 Å². The number of nitrogens with one attached hydrogen (secondary N) is 2. The first-order valence-electron chi connectivity index (χ1n) is 9.61. The number of anilines is 2. The van der Waals surface area contributed by atoms with Crippen LogP contribution in [0.1, 0.15) is 44.0 Å². The summed E-state index contributed by atoms with van der Waals surface area (Å²) in [6.45, 7) is 5.38. The molecule has 0 aliphatic carbocycles. The van der Waals surface area contributed by atoms with Crippen molar-refractivity contribution in [2.24, 2.45) is 0 Å². The molecule has 3 aromatic rings. The summed E-state index contributed by atoms with van der Waals surface area (Å²) in [5.41, 5.74) is 9.79. The molecule has 0 saturated heterocycles. The Kier molecular flexibility index (Phi) is 3.83. The molecule has 5 rings (SSSR count). The van der Waals surface area contributed by atoms with Gasteiger partial charge in [-0.3, -0.25) is 4.79 Å². The molecule has 0 spiro atoms. The second-order valence-corrected chi connectivity index (χ2v) is 7.42. The molecule has 0 unspecified atom stereocenters. The van der Waals surface area contributed by atoms with Crippen LogP contribution >= 0.6 is 0 Å². The monoisotopic (exact) mass is 370 g/mol. The van der Waals surface area contributed by atoms with Gasteiger partial charge in [0, 0.05) is 29.1 Å². The minimum absolute atomic E-state index is 0.0695. The number of nitrogens with zero attached hydrogens (tertiary/aromatic N) is 2. The lowest BCUT2D eigenvalue weighted by Crippen LogP contribution is -2.25. The Balaban J connectivity index is 1.49. The Bertz CT molecular complexity index is 1130. The maximum atomic E-state index is 12.8. The average molecular weight is 370 g/mol. The van der Waals surface area contributed by atoms with E-state index in [0.717, 1.165) is 35.5 Å². The predicted octanol–water partition coefficient (Wildman–Crippen LogP) is 4.13. The van der Waals surface area contributed by atoms with Gasteiger partial charge in [-0.05, 0) is 49.1 Å². The molecule has 0 saturated carbocycles. The fraction of sp³-hybridized carbons (Fsp3) is 0.217. The zero-order valence-electron chi connectivity index (χ0n) is 16.0. The van der Waals surface area contributed by atoms with Gasteiger partial charge in [-0.1, -0.05) is 30.4 Å². The van der Waals surface area contributed by atoms with Crippen LogP contribution in [0.2, 0.25) is 0 Å². The largest absolute Gasteiger partial charge is 0.348 e. The SMILES string of the molecule is Cc1[nH]cnc1CNC(=O)c1ccc2c(c1C)C=Cc1cccc3c1N2CC3. The summed E-state index contributed by atoms with van der Waals surface area (Å²) in [5, 5.41) is 3.00. The molecule has 2 aliphatic heterocycles. The molecule has 1 aromatic heterocycles. The quantitative estimate of drug-likeness (QED) is 0.729. The third-order valence-electron chi connectivity index (χ3n) is 5.83. The van der Waals surface area contributed by atoms with Gasteiger partial charge in [0.1, 0.15) is 0 Å². The third kappa shape index (κ3) is 2.54. The molecular formula is C23H22N4O. The van der Waals surface area contributed by atoms with Crippen molar-refractivity contribution < 1.29 is 4.79 Å². The zero-order valence-corrected chi connectivity index (χ0v) is 16.0. The number of aromatic nitrogens is 2. The third-order valence-corrected chi connectivity index (χ3v) is 5.83. The van der Waals surface area contributed by atoms with Crippen molar-refractivity contribution in [2.75, 3.05) is 11.4 Å². The van der Waals surface area contributed by atoms with Crippen molar-refractivity contribution in [3.05, 3.63) is 75.9 Å². The summed E-state index contributed by atoms with van der Waals surface area (Å²) in [7, 11) is 0. The van der Waals surface area contributed by atoms with Crippen molar-refractivity contribution >= 4 is 29.4 Å². The van der Waals surface area contributed by atoms with Crippen molar-refractivity contribution in [3.8, 4) is 0 Å². The van der Waals surface area contributed by atoms with E-state index in [1.807, 2.05) is 19.9 Å². The van der Waals surface area contributed by atoms with Crippen molar-refractivity contribution in [1.29, 1.82) is 0 Å². The highest BCUT2D eigenvalue weighted by Crippen LogP contribution is 2.43. The number of aromatic amines is 1. The molecule has 1 amide bonds. The van der Waals surface area contributed by atoms with Crippen LogP contribution in [-0.4, -0.2) is 22.4 Å². The fourth-order valence-electron chi connectivity index (χ4n) is 4.27. The lowest BCUT2D eigenvalue weighted by atomic mass is 9.98. The first-order valence-corrected chi connectivity index (χ1v) is 9.61. The number of para-hydroxylation sites is 1. The maximum absolute atomic E-state index is 12.8. The van der Waals surface area contributed by atoms with Gasteiger partial charge in [0.25, 0.3) is 5.91 Å². The summed E-state index contributed by atoms with van der Waals surface area (Å²) < 4.78 is 0. The summed E-state index contributed by atoms with van der Waals surface area (Å²) in [6.07, 6.45) is 7.02.